The summed E-state index contributed by atoms with van der Waals surface area (Å²) in [6.07, 6.45) is 5.21. The van der Waals surface area contributed by atoms with Crippen LogP contribution in [0.3, 0.4) is 0 Å². The number of nitrogens with zero attached hydrogens (tertiary/aromatic N) is 4. The van der Waals surface area contributed by atoms with Crippen LogP contribution in [0.1, 0.15) is 26.0 Å². The number of aromatic nitrogens is 4. The molecular weight excluding hydrogens is 281 g/mol. The van der Waals surface area contributed by atoms with Gasteiger partial charge in [0.15, 0.2) is 5.65 Å². The maximum Gasteiger partial charge on any atom is 0.161 e. The smallest absolute Gasteiger partial charge is 0.161 e. The molecule has 1 N–H and O–H groups in total. The molecule has 0 radical (unpaired) electrons. The summed E-state index contributed by atoms with van der Waals surface area (Å²) in [5.41, 5.74) is 3.24. The minimum Gasteiger partial charge on any atom is -0.352 e. The summed E-state index contributed by atoms with van der Waals surface area (Å²) in [5, 5.41) is 8.27. The number of halogens is 1. The predicted octanol–water partition coefficient (Wildman–Crippen LogP) is 2.88. The molecule has 2 atom stereocenters. The highest BCUT2D eigenvalue weighted by molar-refractivity contribution is 5.97. The van der Waals surface area contributed by atoms with E-state index in [-0.39, 0.29) is 5.92 Å². The average molecular weight is 299 g/mol. The summed E-state index contributed by atoms with van der Waals surface area (Å²) in [6.45, 7) is 5.90. The van der Waals surface area contributed by atoms with Gasteiger partial charge in [0, 0.05) is 19.0 Å². The van der Waals surface area contributed by atoms with E-state index in [1.807, 2.05) is 26.0 Å². The van der Waals surface area contributed by atoms with E-state index in [1.54, 1.807) is 6.33 Å². The summed E-state index contributed by atoms with van der Waals surface area (Å²) >= 11 is 0. The molecule has 1 fully saturated rings. The van der Waals surface area contributed by atoms with E-state index in [2.05, 4.69) is 25.1 Å². The van der Waals surface area contributed by atoms with Crippen LogP contribution in [-0.2, 0) is 0 Å². The molecule has 4 rings (SSSR count). The van der Waals surface area contributed by atoms with Gasteiger partial charge in [-0.15, -0.1) is 0 Å². The second-order valence-corrected chi connectivity index (χ2v) is 5.89. The number of alkyl halides is 1. The van der Waals surface area contributed by atoms with Crippen molar-refractivity contribution in [1.29, 1.82) is 0 Å². The topological polar surface area (TPSA) is 57.5 Å². The molecule has 0 amide bonds. The lowest BCUT2D eigenvalue weighted by Gasteiger charge is -2.24. The first-order chi connectivity index (χ1) is 10.7. The second-order valence-electron chi connectivity index (χ2n) is 5.89. The summed E-state index contributed by atoms with van der Waals surface area (Å²) in [7, 11) is 0. The largest absolute Gasteiger partial charge is 0.352 e. The van der Waals surface area contributed by atoms with Gasteiger partial charge in [0.05, 0.1) is 5.39 Å². The molecule has 5 nitrogen and oxygen atoms in total. The van der Waals surface area contributed by atoms with Crippen LogP contribution in [0.4, 0.5) is 10.2 Å². The summed E-state index contributed by atoms with van der Waals surface area (Å²) in [5.74, 6) is 0.677. The third-order valence-corrected chi connectivity index (χ3v) is 4.53. The Hall–Kier alpha value is -2.24. The molecule has 114 valence electrons. The highest BCUT2D eigenvalue weighted by atomic mass is 19.1. The van der Waals surface area contributed by atoms with Gasteiger partial charge < -0.3 is 4.90 Å². The van der Waals surface area contributed by atoms with Crippen LogP contribution >= 0.6 is 0 Å². The Labute approximate surface area is 127 Å². The zero-order valence-corrected chi connectivity index (χ0v) is 12.7. The maximum absolute atomic E-state index is 14.6. The monoisotopic (exact) mass is 299 g/mol. The minimum absolute atomic E-state index is 0.214. The third kappa shape index (κ3) is 1.94. The Kier molecular flexibility index (Phi) is 2.99. The Morgan fingerprint density at radius 2 is 2.14 bits per heavy atom. The summed E-state index contributed by atoms with van der Waals surface area (Å²) in [4.78, 5) is 10.8. The fourth-order valence-corrected chi connectivity index (χ4v) is 3.08. The molecule has 1 unspecified atom stereocenters. The molecule has 6 heteroatoms. The van der Waals surface area contributed by atoms with Gasteiger partial charge in [-0.2, -0.15) is 5.10 Å². The normalized spacial score (nSPS) is 24.4. The lowest BCUT2D eigenvalue weighted by atomic mass is 9.83. The van der Waals surface area contributed by atoms with Gasteiger partial charge in [-0.25, -0.2) is 14.4 Å². The van der Waals surface area contributed by atoms with E-state index in [4.69, 9.17) is 0 Å². The molecule has 22 heavy (non-hydrogen) atoms. The molecule has 1 aliphatic heterocycles. The standard InChI is InChI=1S/C16H18FN5/c1-3-10-4-5-11(9(2)13(10)17)14-12-15(21-20-14)18-8-19-16(12)22-6-7-22/h4-5,8-9,13H,3,6-7H2,1-2H3,(H,18,19,20,21)/t9-,13?/m0/s1. The molecule has 2 aliphatic rings. The Balaban J connectivity index is 1.88. The van der Waals surface area contributed by atoms with Crippen LogP contribution in [0, 0.1) is 5.92 Å². The van der Waals surface area contributed by atoms with E-state index >= 15 is 0 Å². The maximum atomic E-state index is 14.6. The van der Waals surface area contributed by atoms with Crippen molar-refractivity contribution < 1.29 is 4.39 Å². The van der Waals surface area contributed by atoms with Gasteiger partial charge in [-0.3, -0.25) is 5.10 Å². The van der Waals surface area contributed by atoms with Crippen LogP contribution in [0.25, 0.3) is 16.6 Å². The molecule has 1 saturated heterocycles. The van der Waals surface area contributed by atoms with Crippen LogP contribution < -0.4 is 4.90 Å². The first-order valence-electron chi connectivity index (χ1n) is 7.69. The van der Waals surface area contributed by atoms with Crippen LogP contribution in [0.2, 0.25) is 0 Å². The van der Waals surface area contributed by atoms with Gasteiger partial charge in [0.2, 0.25) is 0 Å². The third-order valence-electron chi connectivity index (χ3n) is 4.53. The number of hydrogen-bond donors (Lipinski definition) is 1. The highest BCUT2D eigenvalue weighted by Crippen LogP contribution is 2.39. The van der Waals surface area contributed by atoms with Crippen LogP contribution in [0.15, 0.2) is 24.1 Å². The highest BCUT2D eigenvalue weighted by Gasteiger charge is 2.31. The predicted molar refractivity (Wildman–Crippen MR) is 84.3 cm³/mol. The zero-order valence-electron chi connectivity index (χ0n) is 12.7. The number of anilines is 1. The quantitative estimate of drug-likeness (QED) is 0.885. The first kappa shape index (κ1) is 13.4. The molecule has 1 aliphatic carbocycles. The molecular formula is C16H18FN5. The van der Waals surface area contributed by atoms with Gasteiger partial charge >= 0.3 is 0 Å². The van der Waals surface area contributed by atoms with E-state index in [1.165, 1.54) is 0 Å². The van der Waals surface area contributed by atoms with Gasteiger partial charge in [0.25, 0.3) is 0 Å². The number of aromatic amines is 1. The fourth-order valence-electron chi connectivity index (χ4n) is 3.08. The van der Waals surface area contributed by atoms with Crippen molar-refractivity contribution in [3.05, 3.63) is 29.7 Å². The lowest BCUT2D eigenvalue weighted by Crippen LogP contribution is -2.20. The number of H-pyrrole nitrogens is 1. The van der Waals surface area contributed by atoms with Crippen molar-refractivity contribution >= 4 is 22.4 Å². The van der Waals surface area contributed by atoms with Gasteiger partial charge in [0.1, 0.15) is 24.0 Å². The lowest BCUT2D eigenvalue weighted by molar-refractivity contribution is 0.318. The molecule has 0 saturated carbocycles. The van der Waals surface area contributed by atoms with Crippen molar-refractivity contribution in [2.45, 2.75) is 26.4 Å². The molecule has 0 spiro atoms. The van der Waals surface area contributed by atoms with E-state index in [0.29, 0.717) is 5.65 Å². The van der Waals surface area contributed by atoms with E-state index in [0.717, 1.165) is 47.6 Å². The summed E-state index contributed by atoms with van der Waals surface area (Å²) < 4.78 is 14.6. The number of fused-ring (bicyclic) bond motifs is 1. The van der Waals surface area contributed by atoms with Crippen molar-refractivity contribution in [1.82, 2.24) is 20.2 Å². The fraction of sp³-hybridized carbons (Fsp3) is 0.438. The first-order valence-corrected chi connectivity index (χ1v) is 7.69. The zero-order chi connectivity index (χ0) is 15.3. The molecule has 2 aromatic rings. The number of allylic oxidation sites excluding steroid dienone is 4. The number of nitrogens with one attached hydrogen (secondary N) is 1. The van der Waals surface area contributed by atoms with Crippen molar-refractivity contribution in [2.75, 3.05) is 18.0 Å². The van der Waals surface area contributed by atoms with E-state index in [9.17, 15) is 4.39 Å². The van der Waals surface area contributed by atoms with Crippen molar-refractivity contribution in [2.24, 2.45) is 5.92 Å². The molecule has 2 aromatic heterocycles. The Morgan fingerprint density at radius 1 is 1.32 bits per heavy atom. The SMILES string of the molecule is CCC1=CC=C(c2n[nH]c3ncnc(N4CC4)c23)[C@H](C)C1F. The molecule has 0 aromatic carbocycles. The Bertz CT molecular complexity index is 787. The molecule has 3 heterocycles. The van der Waals surface area contributed by atoms with Crippen molar-refractivity contribution in [3.63, 3.8) is 0 Å². The number of hydrogen-bond acceptors (Lipinski definition) is 4. The minimum atomic E-state index is -0.953. The second kappa shape index (κ2) is 4.90. The van der Waals surface area contributed by atoms with E-state index < -0.39 is 6.17 Å². The van der Waals surface area contributed by atoms with Gasteiger partial charge in [-0.05, 0) is 17.6 Å². The van der Waals surface area contributed by atoms with Crippen molar-refractivity contribution in [3.8, 4) is 0 Å². The van der Waals surface area contributed by atoms with Gasteiger partial charge in [-0.1, -0.05) is 26.0 Å². The number of rotatable bonds is 3. The average Bonchev–Trinajstić information content (AvgIpc) is 3.29. The summed E-state index contributed by atoms with van der Waals surface area (Å²) in [6, 6.07) is 0. The van der Waals surface area contributed by atoms with Crippen LogP contribution in [0.5, 0.6) is 0 Å². The van der Waals surface area contributed by atoms with Crippen LogP contribution in [-0.4, -0.2) is 39.4 Å². The Morgan fingerprint density at radius 3 is 2.86 bits per heavy atom. The molecule has 0 bridgehead atoms.